The Labute approximate surface area is 176 Å². The molecule has 0 atom stereocenters. The summed E-state index contributed by atoms with van der Waals surface area (Å²) in [6.07, 6.45) is 1.36. The van der Waals surface area contributed by atoms with E-state index in [0.717, 1.165) is 10.8 Å². The van der Waals surface area contributed by atoms with Gasteiger partial charge in [-0.3, -0.25) is 4.79 Å². The lowest BCUT2D eigenvalue weighted by Crippen LogP contribution is -2.17. The summed E-state index contributed by atoms with van der Waals surface area (Å²) in [4.78, 5) is 12.4. The second kappa shape index (κ2) is 7.99. The minimum atomic E-state index is -0.533. The van der Waals surface area contributed by atoms with Gasteiger partial charge < -0.3 is 9.52 Å². The van der Waals surface area contributed by atoms with Gasteiger partial charge in [-0.05, 0) is 53.2 Å². The Kier molecular flexibility index (Phi) is 5.25. The number of nitrogens with zero attached hydrogens (tertiary/aromatic N) is 1. The van der Waals surface area contributed by atoms with Crippen LogP contribution in [-0.2, 0) is 0 Å². The van der Waals surface area contributed by atoms with Crippen molar-refractivity contribution in [3.63, 3.8) is 0 Å². The van der Waals surface area contributed by atoms with Crippen molar-refractivity contribution in [2.75, 3.05) is 0 Å². The number of hydrogen-bond acceptors (Lipinski definition) is 4. The summed E-state index contributed by atoms with van der Waals surface area (Å²) in [5.41, 5.74) is 3.17. The quantitative estimate of drug-likeness (QED) is 0.317. The van der Waals surface area contributed by atoms with Crippen LogP contribution in [0.15, 0.2) is 76.2 Å². The Hall–Kier alpha value is -3.28. The van der Waals surface area contributed by atoms with E-state index in [1.54, 1.807) is 42.5 Å². The number of phenols is 1. The molecule has 1 amide bonds. The molecule has 2 N–H and O–H groups in total. The molecule has 4 rings (SSSR count). The maximum absolute atomic E-state index is 12.4. The number of amides is 1. The maximum atomic E-state index is 12.4. The van der Waals surface area contributed by atoms with Crippen LogP contribution in [-0.4, -0.2) is 17.2 Å². The van der Waals surface area contributed by atoms with Crippen molar-refractivity contribution in [3.8, 4) is 17.1 Å². The summed E-state index contributed by atoms with van der Waals surface area (Å²) >= 11 is 12.2. The molecule has 1 heterocycles. The van der Waals surface area contributed by atoms with Gasteiger partial charge in [0.05, 0.1) is 16.8 Å². The van der Waals surface area contributed by atoms with Crippen LogP contribution in [0, 0.1) is 0 Å². The van der Waals surface area contributed by atoms with E-state index in [4.69, 9.17) is 27.6 Å². The Morgan fingerprint density at radius 2 is 1.76 bits per heavy atom. The molecule has 3 aromatic carbocycles. The molecule has 7 heteroatoms. The molecule has 29 heavy (non-hydrogen) atoms. The fourth-order valence-corrected chi connectivity index (χ4v) is 3.26. The number of phenolic OH excluding ortho intramolecular Hbond substituents is 1. The lowest BCUT2D eigenvalue weighted by molar-refractivity contribution is 0.0952. The van der Waals surface area contributed by atoms with Gasteiger partial charge in [0.1, 0.15) is 17.3 Å². The molecule has 4 aromatic rings. The molecule has 0 aliphatic carbocycles. The number of hydrogen-bond donors (Lipinski definition) is 2. The molecule has 0 spiro atoms. The van der Waals surface area contributed by atoms with Crippen LogP contribution in [0.3, 0.4) is 0 Å². The molecule has 144 valence electrons. The monoisotopic (exact) mass is 424 g/mol. The number of nitrogens with one attached hydrogen (secondary N) is 1. The average molecular weight is 425 g/mol. The summed E-state index contributed by atoms with van der Waals surface area (Å²) < 4.78 is 5.68. The number of halogens is 2. The van der Waals surface area contributed by atoms with Gasteiger partial charge >= 0.3 is 0 Å². The Morgan fingerprint density at radius 3 is 2.55 bits per heavy atom. The third kappa shape index (κ3) is 4.11. The molecular formula is C22H14Cl2N2O3. The maximum Gasteiger partial charge on any atom is 0.275 e. The van der Waals surface area contributed by atoms with Gasteiger partial charge in [-0.1, -0.05) is 47.5 Å². The largest absolute Gasteiger partial charge is 0.507 e. The molecule has 0 aliphatic heterocycles. The average Bonchev–Trinajstić information content (AvgIpc) is 3.18. The Balaban J connectivity index is 1.50. The summed E-state index contributed by atoms with van der Waals surface area (Å²) in [5, 5.41) is 16.7. The van der Waals surface area contributed by atoms with Crippen molar-refractivity contribution in [2.45, 2.75) is 0 Å². The van der Waals surface area contributed by atoms with Crippen LogP contribution < -0.4 is 5.43 Å². The van der Waals surface area contributed by atoms with E-state index in [-0.39, 0.29) is 11.3 Å². The van der Waals surface area contributed by atoms with Gasteiger partial charge in [-0.2, -0.15) is 5.10 Å². The number of carbonyl (C=O) groups is 1. The molecule has 0 fully saturated rings. The number of hydrazone groups is 1. The highest BCUT2D eigenvalue weighted by atomic mass is 35.5. The van der Waals surface area contributed by atoms with Crippen LogP contribution >= 0.6 is 23.2 Å². The van der Waals surface area contributed by atoms with Crippen LogP contribution in [0.4, 0.5) is 0 Å². The smallest absolute Gasteiger partial charge is 0.275 e. The highest BCUT2D eigenvalue weighted by molar-refractivity contribution is 6.35. The van der Waals surface area contributed by atoms with Crippen molar-refractivity contribution in [1.29, 1.82) is 0 Å². The highest BCUT2D eigenvalue weighted by Crippen LogP contribution is 2.31. The molecule has 0 saturated heterocycles. The molecule has 0 bridgehead atoms. The third-order valence-corrected chi connectivity index (χ3v) is 4.85. The third-order valence-electron chi connectivity index (χ3n) is 4.29. The van der Waals surface area contributed by atoms with E-state index in [9.17, 15) is 9.90 Å². The zero-order valence-corrected chi connectivity index (χ0v) is 16.4. The number of benzene rings is 3. The van der Waals surface area contributed by atoms with Crippen LogP contribution in [0.5, 0.6) is 5.75 Å². The van der Waals surface area contributed by atoms with Crippen molar-refractivity contribution in [1.82, 2.24) is 5.43 Å². The van der Waals surface area contributed by atoms with E-state index >= 15 is 0 Å². The summed E-state index contributed by atoms with van der Waals surface area (Å²) in [5.74, 6) is 0.290. The second-order valence-electron chi connectivity index (χ2n) is 6.24. The number of furan rings is 1. The van der Waals surface area contributed by atoms with E-state index in [0.29, 0.717) is 27.1 Å². The first-order valence-electron chi connectivity index (χ1n) is 8.62. The molecular weight excluding hydrogens is 411 g/mol. The van der Waals surface area contributed by atoms with Crippen molar-refractivity contribution in [3.05, 3.63) is 88.1 Å². The van der Waals surface area contributed by atoms with Gasteiger partial charge in [0.25, 0.3) is 5.91 Å². The standard InChI is InChI=1S/C22H14Cl2N2O3/c23-15-5-7-19(24)17(11-15)21-8-6-16(29-21)12-25-26-22(28)18-9-13-3-1-2-4-14(13)10-20(18)27/h1-12,27H,(H,26,28)/b25-12+. The van der Waals surface area contributed by atoms with E-state index < -0.39 is 5.91 Å². The minimum absolute atomic E-state index is 0.118. The van der Waals surface area contributed by atoms with Crippen molar-refractivity contribution in [2.24, 2.45) is 5.10 Å². The topological polar surface area (TPSA) is 74.8 Å². The van der Waals surface area contributed by atoms with Gasteiger partial charge in [0.15, 0.2) is 0 Å². The summed E-state index contributed by atoms with van der Waals surface area (Å²) in [6.45, 7) is 0. The summed E-state index contributed by atoms with van der Waals surface area (Å²) in [7, 11) is 0. The van der Waals surface area contributed by atoms with Crippen LogP contribution in [0.1, 0.15) is 16.1 Å². The van der Waals surface area contributed by atoms with Crippen molar-refractivity contribution < 1.29 is 14.3 Å². The van der Waals surface area contributed by atoms with Crippen LogP contribution in [0.2, 0.25) is 10.0 Å². The number of fused-ring (bicyclic) bond motifs is 1. The van der Waals surface area contributed by atoms with Gasteiger partial charge in [0, 0.05) is 10.6 Å². The van der Waals surface area contributed by atoms with E-state index in [2.05, 4.69) is 10.5 Å². The first-order valence-corrected chi connectivity index (χ1v) is 9.37. The number of aromatic hydroxyl groups is 1. The predicted molar refractivity (Wildman–Crippen MR) is 115 cm³/mol. The van der Waals surface area contributed by atoms with Gasteiger partial charge in [0.2, 0.25) is 0 Å². The second-order valence-corrected chi connectivity index (χ2v) is 7.09. The molecule has 0 radical (unpaired) electrons. The zero-order valence-electron chi connectivity index (χ0n) is 14.9. The number of rotatable bonds is 4. The lowest BCUT2D eigenvalue weighted by Gasteiger charge is -2.05. The summed E-state index contributed by atoms with van der Waals surface area (Å²) in [6, 6.07) is 19.1. The fourth-order valence-electron chi connectivity index (χ4n) is 2.88. The predicted octanol–water partition coefficient (Wildman–Crippen LogP) is 5.88. The zero-order chi connectivity index (χ0) is 20.4. The fraction of sp³-hybridized carbons (Fsp3) is 0. The molecule has 0 aliphatic rings. The van der Waals surface area contributed by atoms with E-state index in [1.807, 2.05) is 24.3 Å². The molecule has 1 aromatic heterocycles. The molecule has 0 saturated carbocycles. The SMILES string of the molecule is O=C(N/N=C/c1ccc(-c2cc(Cl)ccc2Cl)o1)c1cc2ccccc2cc1O. The number of carbonyl (C=O) groups excluding carboxylic acids is 1. The highest BCUT2D eigenvalue weighted by Gasteiger charge is 2.12. The van der Waals surface area contributed by atoms with E-state index in [1.165, 1.54) is 6.21 Å². The minimum Gasteiger partial charge on any atom is -0.507 e. The molecule has 5 nitrogen and oxygen atoms in total. The van der Waals surface area contributed by atoms with Crippen molar-refractivity contribution >= 4 is 46.1 Å². The van der Waals surface area contributed by atoms with Gasteiger partial charge in [-0.15, -0.1) is 0 Å². The lowest BCUT2D eigenvalue weighted by atomic mass is 10.1. The molecule has 0 unspecified atom stereocenters. The first kappa shape index (κ1) is 19.1. The Morgan fingerprint density at radius 1 is 1.00 bits per heavy atom. The van der Waals surface area contributed by atoms with Gasteiger partial charge in [-0.25, -0.2) is 5.43 Å². The van der Waals surface area contributed by atoms with Crippen LogP contribution in [0.25, 0.3) is 22.1 Å². The first-order chi connectivity index (χ1) is 14.0. The normalized spacial score (nSPS) is 11.2. The Bertz CT molecular complexity index is 1250.